The van der Waals surface area contributed by atoms with Crippen LogP contribution in [0, 0.1) is 6.92 Å². The van der Waals surface area contributed by atoms with E-state index in [1.54, 1.807) is 12.1 Å². The molecule has 0 unspecified atom stereocenters. The molecule has 1 aliphatic heterocycles. The molecule has 3 heteroatoms. The Bertz CT molecular complexity index is 581. The number of phenolic OH excluding ortho intramolecular Hbond substituents is 1. The third-order valence-electron chi connectivity index (χ3n) is 3.85. The quantitative estimate of drug-likeness (QED) is 0.846. The Morgan fingerprint density at radius 3 is 2.53 bits per heavy atom. The average molecular weight is 256 g/mol. The number of hydrogen-bond acceptors (Lipinski definition) is 3. The maximum Gasteiger partial charge on any atom is 0.117 e. The first-order valence-corrected chi connectivity index (χ1v) is 7.09. The summed E-state index contributed by atoms with van der Waals surface area (Å²) < 4.78 is 0. The van der Waals surface area contributed by atoms with Crippen molar-refractivity contribution in [2.24, 2.45) is 0 Å². The molecule has 0 spiro atoms. The van der Waals surface area contributed by atoms with Gasteiger partial charge in [0.15, 0.2) is 0 Å². The summed E-state index contributed by atoms with van der Waals surface area (Å²) in [6.45, 7) is 4.27. The molecule has 0 aliphatic carbocycles. The molecule has 0 atom stereocenters. The minimum absolute atomic E-state index is 0.285. The van der Waals surface area contributed by atoms with E-state index in [0.717, 1.165) is 29.7 Å². The van der Waals surface area contributed by atoms with Crippen molar-refractivity contribution in [2.45, 2.75) is 32.6 Å². The monoisotopic (exact) mass is 256 g/mol. The van der Waals surface area contributed by atoms with Crippen LogP contribution in [0.1, 0.15) is 31.4 Å². The lowest BCUT2D eigenvalue weighted by Gasteiger charge is -2.24. The molecule has 0 amide bonds. The maximum absolute atomic E-state index is 9.61. The van der Waals surface area contributed by atoms with Gasteiger partial charge in [-0.05, 0) is 38.0 Å². The average Bonchev–Trinajstić information content (AvgIpc) is 2.65. The summed E-state index contributed by atoms with van der Waals surface area (Å²) in [4.78, 5) is 7.00. The number of benzene rings is 1. The van der Waals surface area contributed by atoms with Gasteiger partial charge in [-0.15, -0.1) is 0 Å². The molecule has 3 nitrogen and oxygen atoms in total. The van der Waals surface area contributed by atoms with Crippen LogP contribution in [0.2, 0.25) is 0 Å². The van der Waals surface area contributed by atoms with Crippen LogP contribution >= 0.6 is 0 Å². The van der Waals surface area contributed by atoms with Crippen LogP contribution in [0.25, 0.3) is 10.9 Å². The lowest BCUT2D eigenvalue weighted by Crippen LogP contribution is -2.24. The first kappa shape index (κ1) is 12.3. The second kappa shape index (κ2) is 5.08. The number of aromatic nitrogens is 1. The van der Waals surface area contributed by atoms with Crippen molar-refractivity contribution in [1.82, 2.24) is 4.98 Å². The zero-order valence-electron chi connectivity index (χ0n) is 11.4. The van der Waals surface area contributed by atoms with Crippen molar-refractivity contribution >= 4 is 16.6 Å². The maximum atomic E-state index is 9.61. The van der Waals surface area contributed by atoms with Crippen LogP contribution in [0.3, 0.4) is 0 Å². The van der Waals surface area contributed by atoms with Crippen LogP contribution in [-0.4, -0.2) is 23.2 Å². The van der Waals surface area contributed by atoms with Crippen molar-refractivity contribution < 1.29 is 5.11 Å². The highest BCUT2D eigenvalue weighted by Crippen LogP contribution is 2.30. The fourth-order valence-corrected chi connectivity index (χ4v) is 2.90. The second-order valence-corrected chi connectivity index (χ2v) is 5.39. The van der Waals surface area contributed by atoms with Gasteiger partial charge in [0.05, 0.1) is 5.52 Å². The summed E-state index contributed by atoms with van der Waals surface area (Å²) in [7, 11) is 0. The molecule has 100 valence electrons. The Morgan fingerprint density at radius 2 is 1.79 bits per heavy atom. The summed E-state index contributed by atoms with van der Waals surface area (Å²) in [6, 6.07) is 7.66. The third kappa shape index (κ3) is 2.50. The largest absolute Gasteiger partial charge is 0.508 e. The van der Waals surface area contributed by atoms with Crippen LogP contribution in [0.4, 0.5) is 5.69 Å². The van der Waals surface area contributed by atoms with Crippen molar-refractivity contribution in [3.8, 4) is 5.75 Å². The highest BCUT2D eigenvalue weighted by molar-refractivity contribution is 5.92. The summed E-state index contributed by atoms with van der Waals surface area (Å²) in [6.07, 6.45) is 5.19. The number of anilines is 1. The second-order valence-electron chi connectivity index (χ2n) is 5.39. The van der Waals surface area contributed by atoms with Gasteiger partial charge in [-0.1, -0.05) is 12.8 Å². The van der Waals surface area contributed by atoms with Gasteiger partial charge >= 0.3 is 0 Å². The van der Waals surface area contributed by atoms with Crippen molar-refractivity contribution in [3.05, 3.63) is 30.0 Å². The first-order valence-electron chi connectivity index (χ1n) is 7.09. The Hall–Kier alpha value is -1.77. The van der Waals surface area contributed by atoms with Crippen LogP contribution in [0.5, 0.6) is 5.75 Å². The number of nitrogens with zero attached hydrogens (tertiary/aromatic N) is 2. The van der Waals surface area contributed by atoms with Crippen molar-refractivity contribution in [2.75, 3.05) is 18.0 Å². The summed E-state index contributed by atoms with van der Waals surface area (Å²) in [5, 5.41) is 10.8. The standard InChI is InChI=1S/C16H20N2O/c1-12-10-16(18-8-4-2-3-5-9-18)14-7-6-13(19)11-15(14)17-12/h6-7,10-11,19H,2-5,8-9H2,1H3. The van der Waals surface area contributed by atoms with E-state index in [-0.39, 0.29) is 5.75 Å². The molecule has 0 saturated carbocycles. The highest BCUT2D eigenvalue weighted by atomic mass is 16.3. The van der Waals surface area contributed by atoms with Crippen LogP contribution < -0.4 is 4.90 Å². The van der Waals surface area contributed by atoms with E-state index in [1.807, 2.05) is 13.0 Å². The normalized spacial score (nSPS) is 16.6. The predicted octanol–water partition coefficient (Wildman–Crippen LogP) is 3.63. The number of phenols is 1. The van der Waals surface area contributed by atoms with Crippen molar-refractivity contribution in [1.29, 1.82) is 0 Å². The Labute approximate surface area is 113 Å². The van der Waals surface area contributed by atoms with Gasteiger partial charge in [-0.25, -0.2) is 0 Å². The molecule has 3 rings (SSSR count). The summed E-state index contributed by atoms with van der Waals surface area (Å²) >= 11 is 0. The zero-order valence-corrected chi connectivity index (χ0v) is 11.4. The van der Waals surface area contributed by atoms with Gasteiger partial charge in [-0.3, -0.25) is 4.98 Å². The van der Waals surface area contributed by atoms with Gasteiger partial charge in [-0.2, -0.15) is 0 Å². The van der Waals surface area contributed by atoms with E-state index in [9.17, 15) is 5.11 Å². The fourth-order valence-electron chi connectivity index (χ4n) is 2.90. The molecular weight excluding hydrogens is 236 g/mol. The Balaban J connectivity index is 2.10. The summed E-state index contributed by atoms with van der Waals surface area (Å²) in [5.74, 6) is 0.285. The molecule has 19 heavy (non-hydrogen) atoms. The number of fused-ring (bicyclic) bond motifs is 1. The van der Waals surface area contributed by atoms with Gasteiger partial charge in [0.25, 0.3) is 0 Å². The van der Waals surface area contributed by atoms with Gasteiger partial charge in [0.2, 0.25) is 0 Å². The van der Waals surface area contributed by atoms with E-state index >= 15 is 0 Å². The Morgan fingerprint density at radius 1 is 1.05 bits per heavy atom. The number of aromatic hydroxyl groups is 1. The lowest BCUT2D eigenvalue weighted by atomic mass is 10.1. The molecule has 0 bridgehead atoms. The molecule has 1 N–H and O–H groups in total. The molecule has 0 radical (unpaired) electrons. The SMILES string of the molecule is Cc1cc(N2CCCCCC2)c2ccc(O)cc2n1. The summed E-state index contributed by atoms with van der Waals surface area (Å²) in [5.41, 5.74) is 3.17. The molecule has 2 aromatic rings. The van der Waals surface area contributed by atoms with E-state index in [4.69, 9.17) is 0 Å². The van der Waals surface area contributed by atoms with E-state index in [1.165, 1.54) is 31.4 Å². The molecule has 1 aromatic heterocycles. The number of rotatable bonds is 1. The van der Waals surface area contributed by atoms with Crippen LogP contribution in [0.15, 0.2) is 24.3 Å². The molecular formula is C16H20N2O. The fraction of sp³-hybridized carbons (Fsp3) is 0.438. The van der Waals surface area contributed by atoms with Gasteiger partial charge in [0.1, 0.15) is 5.75 Å². The minimum Gasteiger partial charge on any atom is -0.508 e. The van der Waals surface area contributed by atoms with Crippen LogP contribution in [-0.2, 0) is 0 Å². The first-order chi connectivity index (χ1) is 9.24. The predicted molar refractivity (Wildman–Crippen MR) is 78.8 cm³/mol. The van der Waals surface area contributed by atoms with Crippen molar-refractivity contribution in [3.63, 3.8) is 0 Å². The number of aryl methyl sites for hydroxylation is 1. The van der Waals surface area contributed by atoms with Gasteiger partial charge < -0.3 is 10.0 Å². The third-order valence-corrected chi connectivity index (χ3v) is 3.85. The molecule has 1 saturated heterocycles. The zero-order chi connectivity index (χ0) is 13.2. The van der Waals surface area contributed by atoms with Gasteiger partial charge in [0, 0.05) is 35.9 Å². The molecule has 1 aromatic carbocycles. The lowest BCUT2D eigenvalue weighted by molar-refractivity contribution is 0.476. The number of hydrogen-bond donors (Lipinski definition) is 1. The smallest absolute Gasteiger partial charge is 0.117 e. The molecule has 1 aliphatic rings. The molecule has 2 heterocycles. The number of pyridine rings is 1. The Kier molecular flexibility index (Phi) is 3.28. The topological polar surface area (TPSA) is 36.4 Å². The van der Waals surface area contributed by atoms with E-state index in [2.05, 4.69) is 16.0 Å². The molecule has 1 fully saturated rings. The minimum atomic E-state index is 0.285. The highest BCUT2D eigenvalue weighted by Gasteiger charge is 2.14. The van der Waals surface area contributed by atoms with E-state index in [0.29, 0.717) is 0 Å². The van der Waals surface area contributed by atoms with E-state index < -0.39 is 0 Å².